The van der Waals surface area contributed by atoms with Gasteiger partial charge in [-0.2, -0.15) is 0 Å². The molecule has 0 heterocycles. The summed E-state index contributed by atoms with van der Waals surface area (Å²) in [7, 11) is 0. The molecule has 0 unspecified atom stereocenters. The summed E-state index contributed by atoms with van der Waals surface area (Å²) in [5.41, 5.74) is 0. The minimum absolute atomic E-state index is 0.782. The third kappa shape index (κ3) is 6.91. The number of hydrogen-bond donors (Lipinski definition) is 1. The van der Waals surface area contributed by atoms with Crippen LogP contribution in [0.4, 0.5) is 0 Å². The summed E-state index contributed by atoms with van der Waals surface area (Å²) in [6, 6.07) is 0.852. The highest BCUT2D eigenvalue weighted by Crippen LogP contribution is 2.18. The first-order valence-electron chi connectivity index (χ1n) is 6.53. The Kier molecular flexibility index (Phi) is 5.62. The zero-order chi connectivity index (χ0) is 11.3. The van der Waals surface area contributed by atoms with Crippen LogP contribution >= 0.6 is 0 Å². The second-order valence-corrected chi connectivity index (χ2v) is 5.78. The molecule has 90 valence electrons. The largest absolute Gasteiger partial charge is 0.313 e. The highest BCUT2D eigenvalue weighted by atomic mass is 15.1. The number of nitrogens with one attached hydrogen (secondary N) is 1. The fraction of sp³-hybridized carbons (Fsp3) is 1.00. The summed E-state index contributed by atoms with van der Waals surface area (Å²) in [5, 5.41) is 3.59. The third-order valence-corrected chi connectivity index (χ3v) is 2.69. The molecule has 2 heteroatoms. The SMILES string of the molecule is CC(C)CN(CCNC1CC1)CC(C)C. The lowest BCUT2D eigenvalue weighted by molar-refractivity contribution is 0.219. The van der Waals surface area contributed by atoms with E-state index in [2.05, 4.69) is 37.9 Å². The maximum absolute atomic E-state index is 3.59. The molecule has 1 saturated carbocycles. The van der Waals surface area contributed by atoms with Crippen LogP contribution in [0.2, 0.25) is 0 Å². The van der Waals surface area contributed by atoms with Crippen molar-refractivity contribution in [3.63, 3.8) is 0 Å². The maximum atomic E-state index is 3.59. The minimum Gasteiger partial charge on any atom is -0.313 e. The van der Waals surface area contributed by atoms with Crippen LogP contribution in [-0.4, -0.2) is 37.1 Å². The summed E-state index contributed by atoms with van der Waals surface area (Å²) >= 11 is 0. The molecule has 2 nitrogen and oxygen atoms in total. The fourth-order valence-corrected chi connectivity index (χ4v) is 2.00. The van der Waals surface area contributed by atoms with E-state index in [0.717, 1.165) is 17.9 Å². The van der Waals surface area contributed by atoms with Crippen LogP contribution in [-0.2, 0) is 0 Å². The molecule has 1 fully saturated rings. The van der Waals surface area contributed by atoms with Crippen LogP contribution in [0, 0.1) is 11.8 Å². The van der Waals surface area contributed by atoms with Gasteiger partial charge in [0.1, 0.15) is 0 Å². The molecule has 0 spiro atoms. The number of nitrogens with zero attached hydrogens (tertiary/aromatic N) is 1. The average Bonchev–Trinajstić information content (AvgIpc) is 2.85. The zero-order valence-corrected chi connectivity index (χ0v) is 10.9. The molecule has 0 amide bonds. The molecule has 1 N–H and O–H groups in total. The number of hydrogen-bond acceptors (Lipinski definition) is 2. The monoisotopic (exact) mass is 212 g/mol. The first kappa shape index (κ1) is 13.0. The van der Waals surface area contributed by atoms with E-state index in [1.807, 2.05) is 0 Å². The molecule has 0 radical (unpaired) electrons. The third-order valence-electron chi connectivity index (χ3n) is 2.69. The first-order chi connectivity index (χ1) is 7.08. The smallest absolute Gasteiger partial charge is 0.0107 e. The van der Waals surface area contributed by atoms with Crippen molar-refractivity contribution in [2.75, 3.05) is 26.2 Å². The van der Waals surface area contributed by atoms with Crippen molar-refractivity contribution in [3.05, 3.63) is 0 Å². The van der Waals surface area contributed by atoms with Gasteiger partial charge in [0.2, 0.25) is 0 Å². The second-order valence-electron chi connectivity index (χ2n) is 5.78. The lowest BCUT2D eigenvalue weighted by Crippen LogP contribution is -2.37. The molecule has 0 saturated heterocycles. The second kappa shape index (κ2) is 6.49. The Bertz CT molecular complexity index is 152. The molecular formula is C13H28N2. The van der Waals surface area contributed by atoms with Crippen molar-refractivity contribution in [1.82, 2.24) is 10.2 Å². The topological polar surface area (TPSA) is 15.3 Å². The lowest BCUT2D eigenvalue weighted by atomic mass is 10.1. The summed E-state index contributed by atoms with van der Waals surface area (Å²) in [4.78, 5) is 2.60. The van der Waals surface area contributed by atoms with Crippen molar-refractivity contribution in [3.8, 4) is 0 Å². The van der Waals surface area contributed by atoms with Gasteiger partial charge in [-0.3, -0.25) is 0 Å². The molecular weight excluding hydrogens is 184 g/mol. The van der Waals surface area contributed by atoms with Crippen molar-refractivity contribution < 1.29 is 0 Å². The van der Waals surface area contributed by atoms with Crippen molar-refractivity contribution in [2.24, 2.45) is 11.8 Å². The van der Waals surface area contributed by atoms with Crippen LogP contribution in [0.15, 0.2) is 0 Å². The van der Waals surface area contributed by atoms with Gasteiger partial charge in [0.05, 0.1) is 0 Å². The Labute approximate surface area is 95.4 Å². The van der Waals surface area contributed by atoms with E-state index in [1.165, 1.54) is 39.0 Å². The van der Waals surface area contributed by atoms with E-state index in [-0.39, 0.29) is 0 Å². The molecule has 0 atom stereocenters. The van der Waals surface area contributed by atoms with Crippen molar-refractivity contribution >= 4 is 0 Å². The summed E-state index contributed by atoms with van der Waals surface area (Å²) in [6.45, 7) is 14.1. The molecule has 1 aliphatic carbocycles. The van der Waals surface area contributed by atoms with Gasteiger partial charge in [0, 0.05) is 32.2 Å². The predicted octanol–water partition coefficient (Wildman–Crippen LogP) is 2.35. The minimum atomic E-state index is 0.782. The summed E-state index contributed by atoms with van der Waals surface area (Å²) < 4.78 is 0. The van der Waals surface area contributed by atoms with Crippen LogP contribution in [0.25, 0.3) is 0 Å². The van der Waals surface area contributed by atoms with E-state index in [4.69, 9.17) is 0 Å². The van der Waals surface area contributed by atoms with Crippen LogP contribution in [0.1, 0.15) is 40.5 Å². The molecule has 1 rings (SSSR count). The molecule has 0 aromatic heterocycles. The summed E-state index contributed by atoms with van der Waals surface area (Å²) in [6.07, 6.45) is 2.79. The van der Waals surface area contributed by atoms with Gasteiger partial charge >= 0.3 is 0 Å². The van der Waals surface area contributed by atoms with Gasteiger partial charge in [-0.25, -0.2) is 0 Å². The quantitative estimate of drug-likeness (QED) is 0.664. The van der Waals surface area contributed by atoms with E-state index >= 15 is 0 Å². The Morgan fingerprint density at radius 1 is 1.07 bits per heavy atom. The Balaban J connectivity index is 2.13. The van der Waals surface area contributed by atoms with E-state index in [9.17, 15) is 0 Å². The Morgan fingerprint density at radius 2 is 1.60 bits per heavy atom. The lowest BCUT2D eigenvalue weighted by Gasteiger charge is -2.26. The predicted molar refractivity (Wildman–Crippen MR) is 67.1 cm³/mol. The van der Waals surface area contributed by atoms with Gasteiger partial charge in [-0.15, -0.1) is 0 Å². The van der Waals surface area contributed by atoms with Gasteiger partial charge in [0.25, 0.3) is 0 Å². The molecule has 0 aromatic carbocycles. The van der Waals surface area contributed by atoms with Gasteiger partial charge in [-0.1, -0.05) is 27.7 Å². The van der Waals surface area contributed by atoms with Gasteiger partial charge < -0.3 is 10.2 Å². The molecule has 1 aliphatic rings. The van der Waals surface area contributed by atoms with E-state index < -0.39 is 0 Å². The van der Waals surface area contributed by atoms with Crippen LogP contribution in [0.5, 0.6) is 0 Å². The fourth-order valence-electron chi connectivity index (χ4n) is 2.00. The van der Waals surface area contributed by atoms with Crippen molar-refractivity contribution in [2.45, 2.75) is 46.6 Å². The average molecular weight is 212 g/mol. The molecule has 0 bridgehead atoms. The highest BCUT2D eigenvalue weighted by molar-refractivity contribution is 4.81. The first-order valence-corrected chi connectivity index (χ1v) is 6.53. The van der Waals surface area contributed by atoms with Crippen LogP contribution in [0.3, 0.4) is 0 Å². The molecule has 15 heavy (non-hydrogen) atoms. The molecule has 0 aliphatic heterocycles. The van der Waals surface area contributed by atoms with Crippen molar-refractivity contribution in [1.29, 1.82) is 0 Å². The highest BCUT2D eigenvalue weighted by Gasteiger charge is 2.20. The van der Waals surface area contributed by atoms with Crippen LogP contribution < -0.4 is 5.32 Å². The summed E-state index contributed by atoms with van der Waals surface area (Å²) in [5.74, 6) is 1.56. The Morgan fingerprint density at radius 3 is 2.00 bits per heavy atom. The van der Waals surface area contributed by atoms with Gasteiger partial charge in [0.15, 0.2) is 0 Å². The number of rotatable bonds is 8. The standard InChI is InChI=1S/C13H28N2/c1-11(2)9-15(10-12(3)4)8-7-14-13-5-6-13/h11-14H,5-10H2,1-4H3. The Hall–Kier alpha value is -0.0800. The zero-order valence-electron chi connectivity index (χ0n) is 10.9. The van der Waals surface area contributed by atoms with E-state index in [1.54, 1.807) is 0 Å². The normalized spacial score (nSPS) is 17.0. The van der Waals surface area contributed by atoms with E-state index in [0.29, 0.717) is 0 Å². The van der Waals surface area contributed by atoms with Gasteiger partial charge in [-0.05, 0) is 24.7 Å². The maximum Gasteiger partial charge on any atom is 0.0107 e. The molecule has 0 aromatic rings.